The second-order valence-corrected chi connectivity index (χ2v) is 9.55. The van der Waals surface area contributed by atoms with Gasteiger partial charge in [0.15, 0.2) is 0 Å². The highest BCUT2D eigenvalue weighted by Crippen LogP contribution is 2.13. The molecule has 0 spiro atoms. The Morgan fingerprint density at radius 1 is 0.567 bits per heavy atom. The lowest BCUT2D eigenvalue weighted by molar-refractivity contribution is -0.160. The van der Waals surface area contributed by atoms with E-state index in [0.29, 0.717) is 13.2 Å². The van der Waals surface area contributed by atoms with Gasteiger partial charge >= 0.3 is 5.97 Å². The van der Waals surface area contributed by atoms with Gasteiger partial charge in [-0.1, -0.05) is 103 Å². The fraction of sp³-hybridized carbons (Fsp3) is 0.962. The van der Waals surface area contributed by atoms with Crippen LogP contribution in [0.25, 0.3) is 0 Å². The van der Waals surface area contributed by atoms with Crippen LogP contribution < -0.4 is 0 Å². The third kappa shape index (κ3) is 25.4. The summed E-state index contributed by atoms with van der Waals surface area (Å²) in [6.07, 6.45) is 22.1. The SMILES string of the molecule is CCCCCCCCCCCCCCCCCCOCCOCC(=O)OC(C)(C)C. The predicted octanol–water partition coefficient (Wildman–Crippen LogP) is 7.62. The normalized spacial score (nSPS) is 11.7. The van der Waals surface area contributed by atoms with Crippen LogP contribution in [0.15, 0.2) is 0 Å². The van der Waals surface area contributed by atoms with E-state index in [9.17, 15) is 4.79 Å². The Bertz CT molecular complexity index is 363. The van der Waals surface area contributed by atoms with Crippen LogP contribution in [0.4, 0.5) is 0 Å². The molecular formula is C26H52O4. The van der Waals surface area contributed by atoms with Gasteiger partial charge in [0, 0.05) is 6.61 Å². The number of hydrogen-bond donors (Lipinski definition) is 0. The van der Waals surface area contributed by atoms with Gasteiger partial charge in [-0.15, -0.1) is 0 Å². The Labute approximate surface area is 187 Å². The molecule has 0 bridgehead atoms. The maximum Gasteiger partial charge on any atom is 0.332 e. The third-order valence-corrected chi connectivity index (χ3v) is 5.15. The molecule has 0 saturated heterocycles. The van der Waals surface area contributed by atoms with E-state index < -0.39 is 5.60 Å². The van der Waals surface area contributed by atoms with Crippen molar-refractivity contribution in [1.29, 1.82) is 0 Å². The molecule has 0 aromatic rings. The number of esters is 1. The first-order valence-electron chi connectivity index (χ1n) is 12.8. The fourth-order valence-corrected chi connectivity index (χ4v) is 3.50. The monoisotopic (exact) mass is 428 g/mol. The second kappa shape index (κ2) is 21.6. The molecule has 0 atom stereocenters. The van der Waals surface area contributed by atoms with E-state index in [0.717, 1.165) is 13.0 Å². The Kier molecular flexibility index (Phi) is 21.2. The minimum atomic E-state index is -0.454. The van der Waals surface area contributed by atoms with Crippen LogP contribution in [0.5, 0.6) is 0 Å². The maximum absolute atomic E-state index is 11.5. The second-order valence-electron chi connectivity index (χ2n) is 9.55. The molecule has 0 heterocycles. The van der Waals surface area contributed by atoms with Crippen molar-refractivity contribution in [2.24, 2.45) is 0 Å². The zero-order valence-corrected chi connectivity index (χ0v) is 20.8. The van der Waals surface area contributed by atoms with Crippen molar-refractivity contribution in [2.75, 3.05) is 26.4 Å². The lowest BCUT2D eigenvalue weighted by Crippen LogP contribution is -2.27. The minimum absolute atomic E-state index is 0.000320. The lowest BCUT2D eigenvalue weighted by atomic mass is 10.0. The smallest absolute Gasteiger partial charge is 0.332 e. The minimum Gasteiger partial charge on any atom is -0.458 e. The first kappa shape index (κ1) is 29.4. The van der Waals surface area contributed by atoms with E-state index in [2.05, 4.69) is 6.92 Å². The van der Waals surface area contributed by atoms with Crippen molar-refractivity contribution >= 4 is 5.97 Å². The quantitative estimate of drug-likeness (QED) is 0.131. The summed E-state index contributed by atoms with van der Waals surface area (Å²) in [5, 5.41) is 0. The van der Waals surface area contributed by atoms with Crippen LogP contribution in [-0.2, 0) is 19.0 Å². The fourth-order valence-electron chi connectivity index (χ4n) is 3.50. The standard InChI is InChI=1S/C26H52O4/c1-5-6-7-8-9-10-11-12-13-14-15-16-17-18-19-20-21-28-22-23-29-24-25(27)30-26(2,3)4/h5-24H2,1-4H3. The Hall–Kier alpha value is -0.610. The van der Waals surface area contributed by atoms with Crippen LogP contribution in [0.1, 0.15) is 130 Å². The largest absolute Gasteiger partial charge is 0.458 e. The average molecular weight is 429 g/mol. The number of carbonyl (C=O) groups is 1. The molecule has 30 heavy (non-hydrogen) atoms. The summed E-state index contributed by atoms with van der Waals surface area (Å²) in [5.41, 5.74) is -0.454. The Morgan fingerprint density at radius 3 is 1.40 bits per heavy atom. The van der Waals surface area contributed by atoms with Crippen molar-refractivity contribution in [1.82, 2.24) is 0 Å². The molecule has 0 amide bonds. The van der Waals surface area contributed by atoms with Crippen LogP contribution >= 0.6 is 0 Å². The summed E-state index contributed by atoms with van der Waals surface area (Å²) >= 11 is 0. The van der Waals surface area contributed by atoms with Crippen molar-refractivity contribution in [3.8, 4) is 0 Å². The van der Waals surface area contributed by atoms with E-state index in [1.165, 1.54) is 96.3 Å². The number of ether oxygens (including phenoxy) is 3. The predicted molar refractivity (Wildman–Crippen MR) is 127 cm³/mol. The van der Waals surface area contributed by atoms with E-state index in [-0.39, 0.29) is 12.6 Å². The molecule has 0 aliphatic carbocycles. The molecule has 0 rings (SSSR count). The van der Waals surface area contributed by atoms with Gasteiger partial charge in [-0.25, -0.2) is 4.79 Å². The van der Waals surface area contributed by atoms with Crippen LogP contribution in [0.3, 0.4) is 0 Å². The molecule has 0 unspecified atom stereocenters. The van der Waals surface area contributed by atoms with Crippen molar-refractivity contribution in [2.45, 2.75) is 136 Å². The van der Waals surface area contributed by atoms with Crippen molar-refractivity contribution < 1.29 is 19.0 Å². The van der Waals surface area contributed by atoms with Gasteiger partial charge in [0.25, 0.3) is 0 Å². The van der Waals surface area contributed by atoms with Gasteiger partial charge in [0.05, 0.1) is 13.2 Å². The van der Waals surface area contributed by atoms with Crippen molar-refractivity contribution in [3.63, 3.8) is 0 Å². The lowest BCUT2D eigenvalue weighted by Gasteiger charge is -2.19. The average Bonchev–Trinajstić information content (AvgIpc) is 2.68. The highest BCUT2D eigenvalue weighted by atomic mass is 16.6. The Balaban J connectivity index is 3.11. The van der Waals surface area contributed by atoms with Gasteiger partial charge in [-0.05, 0) is 27.2 Å². The van der Waals surface area contributed by atoms with Crippen LogP contribution in [-0.4, -0.2) is 38.0 Å². The molecule has 180 valence electrons. The molecule has 0 aromatic carbocycles. The topological polar surface area (TPSA) is 44.8 Å². The molecule has 4 nitrogen and oxygen atoms in total. The van der Waals surface area contributed by atoms with Gasteiger partial charge < -0.3 is 14.2 Å². The van der Waals surface area contributed by atoms with Crippen LogP contribution in [0.2, 0.25) is 0 Å². The number of carbonyl (C=O) groups excluding carboxylic acids is 1. The van der Waals surface area contributed by atoms with E-state index in [1.54, 1.807) is 0 Å². The number of rotatable bonds is 22. The Morgan fingerprint density at radius 2 is 0.967 bits per heavy atom. The van der Waals surface area contributed by atoms with E-state index in [4.69, 9.17) is 14.2 Å². The van der Waals surface area contributed by atoms with Gasteiger partial charge in [0.1, 0.15) is 12.2 Å². The van der Waals surface area contributed by atoms with Crippen LogP contribution in [0, 0.1) is 0 Å². The first-order chi connectivity index (χ1) is 14.5. The molecule has 0 aliphatic heterocycles. The highest BCUT2D eigenvalue weighted by Gasteiger charge is 2.15. The molecule has 0 N–H and O–H groups in total. The molecule has 0 saturated carbocycles. The first-order valence-corrected chi connectivity index (χ1v) is 12.8. The van der Waals surface area contributed by atoms with E-state index in [1.807, 2.05) is 20.8 Å². The van der Waals surface area contributed by atoms with Gasteiger partial charge in [-0.2, -0.15) is 0 Å². The maximum atomic E-state index is 11.5. The summed E-state index contributed by atoms with van der Waals surface area (Å²) in [5.74, 6) is -0.319. The summed E-state index contributed by atoms with van der Waals surface area (Å²) < 4.78 is 16.0. The molecular weight excluding hydrogens is 376 g/mol. The zero-order valence-electron chi connectivity index (χ0n) is 20.8. The van der Waals surface area contributed by atoms with Gasteiger partial charge in [0.2, 0.25) is 0 Å². The number of unbranched alkanes of at least 4 members (excludes halogenated alkanes) is 15. The highest BCUT2D eigenvalue weighted by molar-refractivity contribution is 5.71. The molecule has 0 aromatic heterocycles. The molecule has 4 heteroatoms. The van der Waals surface area contributed by atoms with Crippen molar-refractivity contribution in [3.05, 3.63) is 0 Å². The molecule has 0 radical (unpaired) electrons. The zero-order chi connectivity index (χ0) is 22.3. The summed E-state index contributed by atoms with van der Waals surface area (Å²) in [6.45, 7) is 9.61. The summed E-state index contributed by atoms with van der Waals surface area (Å²) in [4.78, 5) is 11.5. The van der Waals surface area contributed by atoms with E-state index >= 15 is 0 Å². The summed E-state index contributed by atoms with van der Waals surface area (Å²) in [7, 11) is 0. The third-order valence-electron chi connectivity index (χ3n) is 5.15. The molecule has 0 fully saturated rings. The van der Waals surface area contributed by atoms with Gasteiger partial charge in [-0.3, -0.25) is 0 Å². The molecule has 0 aliphatic rings. The number of hydrogen-bond acceptors (Lipinski definition) is 4. The summed E-state index contributed by atoms with van der Waals surface area (Å²) in [6, 6.07) is 0.